The Labute approximate surface area is 93.4 Å². The lowest BCUT2D eigenvalue weighted by Gasteiger charge is -2.04. The van der Waals surface area contributed by atoms with Crippen LogP contribution in [-0.2, 0) is 11.2 Å². The monoisotopic (exact) mass is 228 g/mol. The van der Waals surface area contributed by atoms with Crippen molar-refractivity contribution in [3.63, 3.8) is 0 Å². The minimum absolute atomic E-state index is 0.00565. The SMILES string of the molecule is Cc1sc(NCC(C)C)nc1CC(=O)O. The van der Waals surface area contributed by atoms with E-state index in [1.807, 2.05) is 6.92 Å². The average Bonchev–Trinajstić information content (AvgIpc) is 2.43. The Morgan fingerprint density at radius 2 is 2.27 bits per heavy atom. The molecule has 1 aromatic heterocycles. The van der Waals surface area contributed by atoms with Gasteiger partial charge in [-0.1, -0.05) is 13.8 Å². The first-order valence-corrected chi connectivity index (χ1v) is 5.72. The summed E-state index contributed by atoms with van der Waals surface area (Å²) in [5.74, 6) is -0.282. The predicted molar refractivity (Wildman–Crippen MR) is 61.5 cm³/mol. The first-order chi connectivity index (χ1) is 6.99. The molecule has 0 bridgehead atoms. The molecule has 0 aliphatic carbocycles. The summed E-state index contributed by atoms with van der Waals surface area (Å²) in [6.07, 6.45) is 0.00565. The van der Waals surface area contributed by atoms with E-state index in [4.69, 9.17) is 5.11 Å². The largest absolute Gasteiger partial charge is 0.481 e. The Bertz CT molecular complexity index is 347. The Morgan fingerprint density at radius 3 is 2.80 bits per heavy atom. The van der Waals surface area contributed by atoms with Crippen LogP contribution in [0.25, 0.3) is 0 Å². The third-order valence-corrected chi connectivity index (χ3v) is 2.84. The van der Waals surface area contributed by atoms with E-state index in [1.54, 1.807) is 0 Å². The van der Waals surface area contributed by atoms with Gasteiger partial charge in [0.05, 0.1) is 12.1 Å². The second-order valence-corrected chi connectivity index (χ2v) is 5.07. The fourth-order valence-electron chi connectivity index (χ4n) is 1.10. The molecule has 5 heteroatoms. The van der Waals surface area contributed by atoms with Crippen LogP contribution < -0.4 is 5.32 Å². The van der Waals surface area contributed by atoms with Gasteiger partial charge in [0.15, 0.2) is 5.13 Å². The maximum atomic E-state index is 10.5. The van der Waals surface area contributed by atoms with Gasteiger partial charge in [0.1, 0.15) is 0 Å². The molecule has 0 spiro atoms. The molecule has 1 heterocycles. The van der Waals surface area contributed by atoms with Crippen molar-refractivity contribution in [3.05, 3.63) is 10.6 Å². The lowest BCUT2D eigenvalue weighted by Crippen LogP contribution is -2.08. The Balaban J connectivity index is 2.64. The van der Waals surface area contributed by atoms with Gasteiger partial charge in [0.2, 0.25) is 0 Å². The van der Waals surface area contributed by atoms with Crippen LogP contribution in [0.2, 0.25) is 0 Å². The molecule has 0 saturated heterocycles. The van der Waals surface area contributed by atoms with Crippen LogP contribution in [0.1, 0.15) is 24.4 Å². The van der Waals surface area contributed by atoms with Crippen LogP contribution in [0.4, 0.5) is 5.13 Å². The number of aliphatic carboxylic acids is 1. The highest BCUT2D eigenvalue weighted by molar-refractivity contribution is 7.15. The third-order valence-electron chi connectivity index (χ3n) is 1.87. The highest BCUT2D eigenvalue weighted by Crippen LogP contribution is 2.22. The topological polar surface area (TPSA) is 62.2 Å². The van der Waals surface area contributed by atoms with Crippen molar-refractivity contribution in [3.8, 4) is 0 Å². The van der Waals surface area contributed by atoms with Gasteiger partial charge in [-0.2, -0.15) is 0 Å². The van der Waals surface area contributed by atoms with Gasteiger partial charge in [-0.05, 0) is 12.8 Å². The van der Waals surface area contributed by atoms with Gasteiger partial charge < -0.3 is 10.4 Å². The molecule has 0 aromatic carbocycles. The molecule has 2 N–H and O–H groups in total. The summed E-state index contributed by atoms with van der Waals surface area (Å²) < 4.78 is 0. The number of nitrogens with zero attached hydrogens (tertiary/aromatic N) is 1. The zero-order valence-electron chi connectivity index (χ0n) is 9.20. The molecular formula is C10H16N2O2S. The first-order valence-electron chi connectivity index (χ1n) is 4.91. The number of aryl methyl sites for hydroxylation is 1. The molecule has 0 fully saturated rings. The van der Waals surface area contributed by atoms with Crippen LogP contribution in [0.5, 0.6) is 0 Å². The summed E-state index contributed by atoms with van der Waals surface area (Å²) in [4.78, 5) is 15.8. The Hall–Kier alpha value is -1.10. The van der Waals surface area contributed by atoms with Crippen molar-refractivity contribution in [2.24, 2.45) is 5.92 Å². The molecule has 0 radical (unpaired) electrons. The van der Waals surface area contributed by atoms with Crippen LogP contribution in [0.3, 0.4) is 0 Å². The molecule has 84 valence electrons. The Kier molecular flexibility index (Phi) is 4.08. The number of hydrogen-bond acceptors (Lipinski definition) is 4. The smallest absolute Gasteiger partial charge is 0.309 e. The maximum absolute atomic E-state index is 10.5. The van der Waals surface area contributed by atoms with Crippen LogP contribution in [-0.4, -0.2) is 22.6 Å². The lowest BCUT2D eigenvalue weighted by atomic mass is 10.2. The van der Waals surface area contributed by atoms with E-state index < -0.39 is 5.97 Å². The predicted octanol–water partition coefficient (Wildman–Crippen LogP) is 2.15. The highest BCUT2D eigenvalue weighted by atomic mass is 32.1. The molecule has 4 nitrogen and oxygen atoms in total. The lowest BCUT2D eigenvalue weighted by molar-refractivity contribution is -0.136. The fourth-order valence-corrected chi connectivity index (χ4v) is 1.94. The number of hydrogen-bond donors (Lipinski definition) is 2. The average molecular weight is 228 g/mol. The van der Waals surface area contributed by atoms with E-state index in [1.165, 1.54) is 11.3 Å². The molecule has 1 rings (SSSR count). The summed E-state index contributed by atoms with van der Waals surface area (Å²) in [7, 11) is 0. The van der Waals surface area contributed by atoms with Gasteiger partial charge in [-0.25, -0.2) is 4.98 Å². The molecule has 0 aliphatic rings. The molecule has 0 atom stereocenters. The second kappa shape index (κ2) is 5.11. The summed E-state index contributed by atoms with van der Waals surface area (Å²) in [6.45, 7) is 6.99. The summed E-state index contributed by atoms with van der Waals surface area (Å²) in [5, 5.41) is 12.7. The van der Waals surface area contributed by atoms with Gasteiger partial charge in [0, 0.05) is 11.4 Å². The van der Waals surface area contributed by atoms with Crippen molar-refractivity contribution in [1.82, 2.24) is 4.98 Å². The molecule has 0 aliphatic heterocycles. The van der Waals surface area contributed by atoms with Crippen LogP contribution >= 0.6 is 11.3 Å². The van der Waals surface area contributed by atoms with Crippen molar-refractivity contribution in [2.75, 3.05) is 11.9 Å². The second-order valence-electron chi connectivity index (χ2n) is 3.87. The van der Waals surface area contributed by atoms with Gasteiger partial charge >= 0.3 is 5.97 Å². The van der Waals surface area contributed by atoms with Crippen LogP contribution in [0.15, 0.2) is 0 Å². The number of nitrogens with one attached hydrogen (secondary N) is 1. The minimum Gasteiger partial charge on any atom is -0.481 e. The number of anilines is 1. The number of carboxylic acid groups (broad SMARTS) is 1. The summed E-state index contributed by atoms with van der Waals surface area (Å²) in [6, 6.07) is 0. The van der Waals surface area contributed by atoms with E-state index in [0.717, 1.165) is 16.6 Å². The quantitative estimate of drug-likeness (QED) is 0.810. The summed E-state index contributed by atoms with van der Waals surface area (Å²) in [5.41, 5.74) is 0.666. The fraction of sp³-hybridized carbons (Fsp3) is 0.600. The van der Waals surface area contributed by atoms with Crippen molar-refractivity contribution in [2.45, 2.75) is 27.2 Å². The van der Waals surface area contributed by atoms with Crippen LogP contribution in [0, 0.1) is 12.8 Å². The highest BCUT2D eigenvalue weighted by Gasteiger charge is 2.10. The minimum atomic E-state index is -0.834. The van der Waals surface area contributed by atoms with Gasteiger partial charge in [-0.15, -0.1) is 11.3 Å². The number of aromatic nitrogens is 1. The zero-order chi connectivity index (χ0) is 11.4. The number of carboxylic acids is 1. The normalized spacial score (nSPS) is 10.7. The van der Waals surface area contributed by atoms with E-state index in [-0.39, 0.29) is 6.42 Å². The molecule has 0 unspecified atom stereocenters. The molecule has 0 saturated carbocycles. The number of rotatable bonds is 5. The number of thiazole rings is 1. The third kappa shape index (κ3) is 3.87. The van der Waals surface area contributed by atoms with Crippen molar-refractivity contribution in [1.29, 1.82) is 0 Å². The van der Waals surface area contributed by atoms with Gasteiger partial charge in [-0.3, -0.25) is 4.79 Å². The molecule has 1 aromatic rings. The van der Waals surface area contributed by atoms with Gasteiger partial charge in [0.25, 0.3) is 0 Å². The molecular weight excluding hydrogens is 212 g/mol. The molecule has 15 heavy (non-hydrogen) atoms. The first kappa shape index (κ1) is 12.0. The Morgan fingerprint density at radius 1 is 1.60 bits per heavy atom. The molecule has 0 amide bonds. The van der Waals surface area contributed by atoms with Crippen molar-refractivity contribution >= 4 is 22.4 Å². The van der Waals surface area contributed by atoms with E-state index in [2.05, 4.69) is 24.1 Å². The standard InChI is InChI=1S/C10H16N2O2S/c1-6(2)5-11-10-12-8(4-9(13)14)7(3)15-10/h6H,4-5H2,1-3H3,(H,11,12)(H,13,14). The number of carbonyl (C=O) groups is 1. The van der Waals surface area contributed by atoms with E-state index in [0.29, 0.717) is 11.6 Å². The van der Waals surface area contributed by atoms with E-state index >= 15 is 0 Å². The van der Waals surface area contributed by atoms with Crippen molar-refractivity contribution < 1.29 is 9.90 Å². The van der Waals surface area contributed by atoms with E-state index in [9.17, 15) is 4.79 Å². The summed E-state index contributed by atoms with van der Waals surface area (Å²) >= 11 is 1.51. The zero-order valence-corrected chi connectivity index (χ0v) is 10.0. The maximum Gasteiger partial charge on any atom is 0.309 e.